The molecular weight excluding hydrogens is 256 g/mol. The molecule has 0 bridgehead atoms. The van der Waals surface area contributed by atoms with Crippen LogP contribution in [-0.4, -0.2) is 25.0 Å². The summed E-state index contributed by atoms with van der Waals surface area (Å²) in [7, 11) is 1.56. The normalized spacial score (nSPS) is 12.0. The zero-order valence-electron chi connectivity index (χ0n) is 12.2. The monoisotopic (exact) mass is 278 g/mol. The molecule has 0 radical (unpaired) electrons. The molecule has 0 unspecified atom stereocenters. The van der Waals surface area contributed by atoms with E-state index in [0.717, 1.165) is 5.56 Å². The quantitative estimate of drug-likeness (QED) is 0.787. The highest BCUT2D eigenvalue weighted by atomic mass is 16.5. The van der Waals surface area contributed by atoms with Crippen LogP contribution in [0.15, 0.2) is 24.3 Å². The fourth-order valence-electron chi connectivity index (χ4n) is 1.94. The Bertz CT molecular complexity index is 472. The number of primary amides is 1. The topological polar surface area (TPSA) is 81.4 Å². The lowest BCUT2D eigenvalue weighted by Gasteiger charge is -2.17. The van der Waals surface area contributed by atoms with Gasteiger partial charge in [-0.1, -0.05) is 32.0 Å². The van der Waals surface area contributed by atoms with E-state index in [1.807, 2.05) is 38.1 Å². The van der Waals surface area contributed by atoms with Crippen molar-refractivity contribution in [2.45, 2.75) is 32.7 Å². The Morgan fingerprint density at radius 2 is 1.95 bits per heavy atom. The first kappa shape index (κ1) is 16.0. The molecule has 0 aliphatic carbocycles. The average molecular weight is 278 g/mol. The summed E-state index contributed by atoms with van der Waals surface area (Å²) in [5.41, 5.74) is 6.20. The van der Waals surface area contributed by atoms with Crippen molar-refractivity contribution < 1.29 is 14.3 Å². The maximum atomic E-state index is 11.8. The number of hydrogen-bond donors (Lipinski definition) is 2. The van der Waals surface area contributed by atoms with E-state index in [-0.39, 0.29) is 11.8 Å². The number of hydrogen-bond acceptors (Lipinski definition) is 3. The van der Waals surface area contributed by atoms with E-state index in [0.29, 0.717) is 18.6 Å². The number of ether oxygens (including phenoxy) is 1. The van der Waals surface area contributed by atoms with Gasteiger partial charge in [-0.3, -0.25) is 9.59 Å². The van der Waals surface area contributed by atoms with Gasteiger partial charge in [0.15, 0.2) is 0 Å². The predicted octanol–water partition coefficient (Wildman–Crippen LogP) is 1.25. The van der Waals surface area contributed by atoms with E-state index in [9.17, 15) is 9.59 Å². The molecule has 0 fully saturated rings. The molecule has 1 atom stereocenters. The number of nitrogens with two attached hydrogens (primary N) is 1. The van der Waals surface area contributed by atoms with E-state index in [4.69, 9.17) is 10.5 Å². The fraction of sp³-hybridized carbons (Fsp3) is 0.467. The van der Waals surface area contributed by atoms with E-state index < -0.39 is 11.9 Å². The van der Waals surface area contributed by atoms with Crippen molar-refractivity contribution in [3.63, 3.8) is 0 Å². The molecule has 1 aromatic rings. The molecule has 1 aromatic carbocycles. The van der Waals surface area contributed by atoms with E-state index >= 15 is 0 Å². The van der Waals surface area contributed by atoms with Crippen molar-refractivity contribution in [1.82, 2.24) is 5.32 Å². The van der Waals surface area contributed by atoms with Crippen LogP contribution in [0.2, 0.25) is 0 Å². The summed E-state index contributed by atoms with van der Waals surface area (Å²) in [6.07, 6.45) is 0.693. The Labute approximate surface area is 119 Å². The van der Waals surface area contributed by atoms with Crippen molar-refractivity contribution in [3.05, 3.63) is 29.8 Å². The largest absolute Gasteiger partial charge is 0.496 e. The summed E-state index contributed by atoms with van der Waals surface area (Å²) in [4.78, 5) is 23.3. The molecule has 0 heterocycles. The van der Waals surface area contributed by atoms with Crippen LogP contribution < -0.4 is 15.8 Å². The maximum absolute atomic E-state index is 11.8. The summed E-state index contributed by atoms with van der Waals surface area (Å²) in [6.45, 7) is 3.89. The van der Waals surface area contributed by atoms with Gasteiger partial charge in [-0.05, 0) is 17.5 Å². The van der Waals surface area contributed by atoms with Gasteiger partial charge in [-0.25, -0.2) is 0 Å². The second-order valence-corrected chi connectivity index (χ2v) is 5.14. The van der Waals surface area contributed by atoms with Crippen LogP contribution >= 0.6 is 0 Å². The highest BCUT2D eigenvalue weighted by Gasteiger charge is 2.20. The lowest BCUT2D eigenvalue weighted by Crippen LogP contribution is -2.46. The van der Waals surface area contributed by atoms with Crippen molar-refractivity contribution in [2.75, 3.05) is 7.11 Å². The van der Waals surface area contributed by atoms with Gasteiger partial charge in [0.05, 0.1) is 7.11 Å². The second kappa shape index (κ2) is 7.53. The number of rotatable bonds is 7. The third-order valence-electron chi connectivity index (χ3n) is 2.89. The van der Waals surface area contributed by atoms with Gasteiger partial charge in [0, 0.05) is 12.8 Å². The molecular formula is C15H22N2O3. The van der Waals surface area contributed by atoms with Gasteiger partial charge in [-0.2, -0.15) is 0 Å². The van der Waals surface area contributed by atoms with Gasteiger partial charge < -0.3 is 15.8 Å². The Morgan fingerprint density at radius 3 is 2.50 bits per heavy atom. The third kappa shape index (κ3) is 4.91. The van der Waals surface area contributed by atoms with Crippen LogP contribution in [0.5, 0.6) is 5.75 Å². The number of methoxy groups -OCH3 is 1. The summed E-state index contributed by atoms with van der Waals surface area (Å²) in [5.74, 6) is 0.193. The van der Waals surface area contributed by atoms with Gasteiger partial charge >= 0.3 is 0 Å². The minimum atomic E-state index is -0.724. The van der Waals surface area contributed by atoms with E-state index in [1.165, 1.54) is 0 Å². The van der Waals surface area contributed by atoms with Crippen LogP contribution in [-0.2, 0) is 16.0 Å². The highest BCUT2D eigenvalue weighted by molar-refractivity contribution is 5.86. The number of amides is 2. The molecule has 0 saturated heterocycles. The lowest BCUT2D eigenvalue weighted by atomic mass is 10.0. The molecule has 1 rings (SSSR count). The smallest absolute Gasteiger partial charge is 0.240 e. The predicted molar refractivity (Wildman–Crippen MR) is 77.3 cm³/mol. The maximum Gasteiger partial charge on any atom is 0.240 e. The first-order valence-corrected chi connectivity index (χ1v) is 6.64. The molecule has 3 N–H and O–H groups in total. The van der Waals surface area contributed by atoms with E-state index in [2.05, 4.69) is 5.32 Å². The first-order valence-electron chi connectivity index (χ1n) is 6.64. The molecule has 0 aliphatic heterocycles. The fourth-order valence-corrected chi connectivity index (χ4v) is 1.94. The van der Waals surface area contributed by atoms with E-state index in [1.54, 1.807) is 7.11 Å². The molecule has 110 valence electrons. The van der Waals surface area contributed by atoms with Crippen LogP contribution in [0.1, 0.15) is 25.8 Å². The van der Waals surface area contributed by atoms with Crippen LogP contribution in [0.3, 0.4) is 0 Å². The minimum Gasteiger partial charge on any atom is -0.496 e. The number of para-hydroxylation sites is 1. The lowest BCUT2D eigenvalue weighted by molar-refractivity contribution is -0.127. The molecule has 0 saturated carbocycles. The summed E-state index contributed by atoms with van der Waals surface area (Å²) in [6, 6.07) is 6.63. The molecule has 5 heteroatoms. The molecule has 2 amide bonds. The molecule has 0 aromatic heterocycles. The summed E-state index contributed by atoms with van der Waals surface area (Å²) < 4.78 is 5.23. The number of benzene rings is 1. The summed E-state index contributed by atoms with van der Waals surface area (Å²) in [5, 5.41) is 2.68. The van der Waals surface area contributed by atoms with Gasteiger partial charge in [0.1, 0.15) is 11.8 Å². The average Bonchev–Trinajstić information content (AvgIpc) is 2.37. The third-order valence-corrected chi connectivity index (χ3v) is 2.89. The Kier molecular flexibility index (Phi) is 6.03. The molecule has 20 heavy (non-hydrogen) atoms. The Morgan fingerprint density at radius 1 is 1.30 bits per heavy atom. The minimum absolute atomic E-state index is 0.168. The van der Waals surface area contributed by atoms with Crippen molar-refractivity contribution in [3.8, 4) is 5.75 Å². The van der Waals surface area contributed by atoms with Crippen LogP contribution in [0, 0.1) is 5.92 Å². The number of carbonyl (C=O) groups is 2. The Hall–Kier alpha value is -2.04. The SMILES string of the molecule is COc1ccccc1C[C@H](NC(=O)CC(C)C)C(N)=O. The standard InChI is InChI=1S/C15H22N2O3/c1-10(2)8-14(18)17-12(15(16)19)9-11-6-4-5-7-13(11)20-3/h4-7,10,12H,8-9H2,1-3H3,(H2,16,19)(H,17,18)/t12-/m0/s1. The van der Waals surface area contributed by atoms with Crippen molar-refractivity contribution in [2.24, 2.45) is 11.7 Å². The van der Waals surface area contributed by atoms with Crippen molar-refractivity contribution in [1.29, 1.82) is 0 Å². The van der Waals surface area contributed by atoms with Crippen LogP contribution in [0.25, 0.3) is 0 Å². The van der Waals surface area contributed by atoms with Gasteiger partial charge in [0.2, 0.25) is 11.8 Å². The van der Waals surface area contributed by atoms with Crippen molar-refractivity contribution >= 4 is 11.8 Å². The molecule has 5 nitrogen and oxygen atoms in total. The molecule has 0 aliphatic rings. The summed E-state index contributed by atoms with van der Waals surface area (Å²) >= 11 is 0. The number of carbonyl (C=O) groups excluding carboxylic acids is 2. The zero-order chi connectivity index (χ0) is 15.1. The first-order chi connectivity index (χ1) is 9.43. The van der Waals surface area contributed by atoms with Gasteiger partial charge in [0.25, 0.3) is 0 Å². The highest BCUT2D eigenvalue weighted by Crippen LogP contribution is 2.19. The number of nitrogens with one attached hydrogen (secondary N) is 1. The van der Waals surface area contributed by atoms with Gasteiger partial charge in [-0.15, -0.1) is 0 Å². The second-order valence-electron chi connectivity index (χ2n) is 5.14. The molecule has 0 spiro atoms. The zero-order valence-corrected chi connectivity index (χ0v) is 12.2. The van der Waals surface area contributed by atoms with Crippen LogP contribution in [0.4, 0.5) is 0 Å². The Balaban J connectivity index is 2.77.